The van der Waals surface area contributed by atoms with Crippen LogP contribution in [0.1, 0.15) is 145 Å². The van der Waals surface area contributed by atoms with Crippen molar-refractivity contribution >= 4 is 134 Å². The summed E-state index contributed by atoms with van der Waals surface area (Å²) in [5.41, 5.74) is 26.7. The van der Waals surface area contributed by atoms with Gasteiger partial charge in [0.15, 0.2) is 5.82 Å². The van der Waals surface area contributed by atoms with E-state index in [1.165, 1.54) is 74.7 Å². The third-order valence-electron chi connectivity index (χ3n) is 24.8. The number of phenolic OH excluding ortho intramolecular Hbond substituents is 1. The number of aromatic amines is 4. The number of benzene rings is 3. The predicted octanol–water partition coefficient (Wildman–Crippen LogP) is -3.26. The van der Waals surface area contributed by atoms with E-state index in [1.54, 1.807) is 65.8 Å². The fraction of sp³-hybridized carbons (Fsp3) is 0.522. The van der Waals surface area contributed by atoms with Crippen LogP contribution in [0.15, 0.2) is 97.7 Å². The summed E-state index contributed by atoms with van der Waals surface area (Å²) in [5.74, 6) is -17.5. The molecule has 47 heteroatoms. The molecule has 15 atom stereocenters. The summed E-state index contributed by atoms with van der Waals surface area (Å²) in [6, 6.07) is -0.644. The number of fused-ring (bicyclic) bond motifs is 4. The molecule has 0 unspecified atom stereocenters. The second-order valence-electron chi connectivity index (χ2n) is 34.7. The minimum Gasteiger partial charge on any atom is -0.508 e. The SMILES string of the molecule is CCCC[C@H]1C(=O)N(C)[C@@H](CCCC)C(=O)N[C@@H](CCN)C(=O)N[C@H](C(=O)NCC(N)=O)CSCC(=O)N[C@@H](Cc2ccc(O)cc2)C(=O)N(C)[C@@H](C)C(=O)N[C@@H](CC(N)=O)CN2CCC[C@H]2C(=O)N[C@@H](Cc2c[nH]cn2)C(=O)N[C@@H](CCC(=O)O)C(=O)N2C[C@H](c3nn[nH]n3)C[C@H]2C(=O)N[C@@H](Cc2c[nH]c3ccccc23)C(=O)N[C@@H](CCN)C(=O)N[C@@H](Cc2c[nH]c3ccccc23)C(=O)N1C. The Morgan fingerprint density at radius 1 is 0.555 bits per heavy atom. The zero-order valence-electron chi connectivity index (χ0n) is 77.4. The van der Waals surface area contributed by atoms with Crippen molar-refractivity contribution in [3.8, 4) is 5.75 Å². The van der Waals surface area contributed by atoms with E-state index in [2.05, 4.69) is 93.7 Å². The molecule has 3 fully saturated rings. The number of nitrogens with two attached hydrogens (primary N) is 4. The zero-order chi connectivity index (χ0) is 99.3. The number of aliphatic carboxylic acids is 1. The first-order valence-electron chi connectivity index (χ1n) is 45.8. The second kappa shape index (κ2) is 50.6. The lowest BCUT2D eigenvalue weighted by Crippen LogP contribution is -2.61. The number of phenols is 1. The Bertz CT molecular complexity index is 5390. The molecule has 4 aromatic heterocycles. The Hall–Kier alpha value is -14.0. The van der Waals surface area contributed by atoms with Gasteiger partial charge in [-0.3, -0.25) is 86.4 Å². The van der Waals surface area contributed by atoms with Crippen LogP contribution in [0.3, 0.4) is 0 Å². The maximum atomic E-state index is 15.9. The summed E-state index contributed by atoms with van der Waals surface area (Å²) in [7, 11) is 4.02. The van der Waals surface area contributed by atoms with E-state index in [1.807, 2.05) is 13.8 Å². The van der Waals surface area contributed by atoms with Crippen LogP contribution >= 0.6 is 11.8 Å². The van der Waals surface area contributed by atoms with E-state index in [-0.39, 0.29) is 114 Å². The number of imidazole rings is 1. The fourth-order valence-electron chi connectivity index (χ4n) is 17.2. The summed E-state index contributed by atoms with van der Waals surface area (Å²) in [6.45, 7) is 3.52. The first kappa shape index (κ1) is 105. The number of amides is 16. The van der Waals surface area contributed by atoms with Gasteiger partial charge in [0.2, 0.25) is 94.5 Å². The number of aromatic hydroxyl groups is 1. The number of nitrogens with one attached hydrogen (secondary N) is 14. The van der Waals surface area contributed by atoms with Gasteiger partial charge in [0.1, 0.15) is 78.3 Å². The Balaban J connectivity index is 1.03. The molecule has 0 bridgehead atoms. The molecule has 7 aromatic rings. The molecule has 3 aromatic carbocycles. The van der Waals surface area contributed by atoms with Gasteiger partial charge in [-0.15, -0.1) is 22.0 Å². The van der Waals surface area contributed by atoms with Crippen molar-refractivity contribution in [2.75, 3.05) is 71.9 Å². The molecule has 0 radical (unpaired) electrons. The number of aromatic nitrogens is 8. The third-order valence-corrected chi connectivity index (χ3v) is 25.8. The van der Waals surface area contributed by atoms with Crippen LogP contribution in [0.5, 0.6) is 5.75 Å². The lowest BCUT2D eigenvalue weighted by Gasteiger charge is -2.36. The van der Waals surface area contributed by atoms with E-state index in [9.17, 15) is 53.4 Å². The predicted molar refractivity (Wildman–Crippen MR) is 499 cm³/mol. The minimum atomic E-state index is -1.77. The highest BCUT2D eigenvalue weighted by Gasteiger charge is 2.47. The quantitative estimate of drug-likeness (QED) is 0.0240. The highest BCUT2D eigenvalue weighted by molar-refractivity contribution is 8.00. The third kappa shape index (κ3) is 29.0. The van der Waals surface area contributed by atoms with Gasteiger partial charge < -0.3 is 121 Å². The van der Waals surface area contributed by atoms with E-state index in [4.69, 9.17) is 22.9 Å². The Morgan fingerprint density at radius 2 is 1.11 bits per heavy atom. The number of carbonyl (C=O) groups is 17. The average Bonchev–Trinajstić information content (AvgIpc) is 1.68. The molecule has 3 aliphatic heterocycles. The van der Waals surface area contributed by atoms with Crippen molar-refractivity contribution in [1.29, 1.82) is 0 Å². The summed E-state index contributed by atoms with van der Waals surface area (Å²) in [6.07, 6.45) is 4.62. The van der Waals surface area contributed by atoms with E-state index < -0.39 is 228 Å². The van der Waals surface area contributed by atoms with Gasteiger partial charge >= 0.3 is 5.97 Å². The number of para-hydroxylation sites is 2. The lowest BCUT2D eigenvalue weighted by atomic mass is 9.99. The number of thioether (sulfide) groups is 1. The number of hydrogen-bond acceptors (Lipinski definition) is 26. The molecule has 3 aliphatic rings. The monoisotopic (exact) mass is 1920 g/mol. The maximum Gasteiger partial charge on any atom is 0.303 e. The lowest BCUT2D eigenvalue weighted by molar-refractivity contribution is -0.149. The fourth-order valence-corrected chi connectivity index (χ4v) is 18.1. The van der Waals surface area contributed by atoms with Crippen molar-refractivity contribution in [2.24, 2.45) is 22.9 Å². The first-order chi connectivity index (χ1) is 65.6. The Kier molecular flexibility index (Phi) is 38.8. The van der Waals surface area contributed by atoms with Gasteiger partial charge in [-0.1, -0.05) is 93.3 Å². The number of tetrazole rings is 1. The van der Waals surface area contributed by atoms with Crippen LogP contribution in [0.25, 0.3) is 21.8 Å². The van der Waals surface area contributed by atoms with Crippen LogP contribution in [-0.2, 0) is 107 Å². The summed E-state index contributed by atoms with van der Waals surface area (Å²) >= 11 is 0.795. The van der Waals surface area contributed by atoms with Crippen molar-refractivity contribution < 1.29 is 91.7 Å². The number of rotatable bonds is 27. The molecule has 10 rings (SSSR count). The van der Waals surface area contributed by atoms with Gasteiger partial charge in [0.05, 0.1) is 36.4 Å². The van der Waals surface area contributed by atoms with Crippen LogP contribution in [0.2, 0.25) is 0 Å². The molecule has 740 valence electrons. The van der Waals surface area contributed by atoms with Crippen molar-refractivity contribution in [2.45, 2.75) is 227 Å². The summed E-state index contributed by atoms with van der Waals surface area (Å²) < 4.78 is 0. The molecular formula is C90H125N27O19S. The number of carbonyl (C=O) groups excluding carboxylic acids is 16. The topological polar surface area (TPSA) is 686 Å². The van der Waals surface area contributed by atoms with Gasteiger partial charge in [0, 0.05) is 125 Å². The largest absolute Gasteiger partial charge is 0.508 e. The summed E-state index contributed by atoms with van der Waals surface area (Å²) in [4.78, 5) is 269. The number of H-pyrrole nitrogens is 4. The Morgan fingerprint density at radius 3 is 1.70 bits per heavy atom. The number of hydrogen-bond donors (Lipinski definition) is 20. The molecule has 0 aliphatic carbocycles. The maximum absolute atomic E-state index is 15.9. The first-order valence-corrected chi connectivity index (χ1v) is 46.9. The van der Waals surface area contributed by atoms with Crippen LogP contribution in [0, 0.1) is 0 Å². The van der Waals surface area contributed by atoms with Crippen LogP contribution in [-0.4, -0.2) is 332 Å². The van der Waals surface area contributed by atoms with Crippen molar-refractivity contribution in [3.63, 3.8) is 0 Å². The minimum absolute atomic E-state index is 0.0107. The summed E-state index contributed by atoms with van der Waals surface area (Å²) in [5, 5.41) is 63.3. The molecule has 24 N–H and O–H groups in total. The number of carboxylic acids is 1. The number of likely N-dealkylation sites (N-methyl/N-ethyl adjacent to an activating group) is 3. The molecule has 0 spiro atoms. The highest BCUT2D eigenvalue weighted by Crippen LogP contribution is 2.33. The number of nitrogens with zero attached hydrogens (tertiary/aromatic N) is 9. The van der Waals surface area contributed by atoms with Crippen LogP contribution in [0.4, 0.5) is 0 Å². The molecule has 16 amide bonds. The van der Waals surface area contributed by atoms with Crippen LogP contribution < -0.4 is 76.1 Å². The molecule has 137 heavy (non-hydrogen) atoms. The molecule has 3 saturated heterocycles. The average molecular weight is 1920 g/mol. The second-order valence-corrected chi connectivity index (χ2v) is 35.7. The number of unbranched alkanes of at least 4 members (excludes halogenated alkanes) is 2. The molecule has 46 nitrogen and oxygen atoms in total. The van der Waals surface area contributed by atoms with Gasteiger partial charge in [0.25, 0.3) is 0 Å². The molecule has 0 saturated carbocycles. The van der Waals surface area contributed by atoms with E-state index >= 15 is 38.4 Å². The molecule has 7 heterocycles. The number of primary amides is 2. The Labute approximate surface area is 793 Å². The van der Waals surface area contributed by atoms with Crippen molar-refractivity contribution in [3.05, 3.63) is 126 Å². The van der Waals surface area contributed by atoms with Gasteiger partial charge in [-0.05, 0) is 119 Å². The van der Waals surface area contributed by atoms with E-state index in [0.717, 1.165) is 21.6 Å². The normalized spacial score (nSPS) is 24.7. The highest BCUT2D eigenvalue weighted by atomic mass is 32.2. The standard InChI is InChI=1S/C90H125N27O19S/c1-7-9-20-69-84(130)103-62(30-32-92)81(127)108-68(79(125)98-43-74(94)120)46-137-47-75(121)101-66(34-50-23-25-56(118)26-24-50)87(133)113(4)49(3)78(124)100-55(39-73(93)119)45-116-33-15-22-70(116)85(131)106-65(38-54-42-95-48-99-54)83(129)104-63(27-28-76(122)123)89(135)117-44-53(77-109-111-112-110-77)37-72(117)86(132)105-64(35-51-40-96-59-18-13-11-16-57(51)59)82(128)102-61(29-31-91)80(126)107-67(36-52-41-97-60-19-14-12-17-58(52)60)88(134)115(6)71(21-10-8-2)90(136)114(69)5/h11-14,16-19,23-26,40-42,48-49,53,55,61-72,96-97,118H,7-10,15,20-22,27-39,43-47,91-92H2,1-6H3,(H2,93,119)(H2,94,120)(H,95,99)(H,98,125)(H,100,124)(H,101,121)(H,102,128)(H,103,130)(H,104,129)(H,105,132)(H,106,131)(H,107,126)(H,108,127)(H,122,123)(H,109,110,111,112)/t49-,53+,55-,61-,62-,63-,64-,65-,66-,67-,68-,69-,70-,71-,72-/m0/s1. The van der Waals surface area contributed by atoms with Gasteiger partial charge in [-0.25, -0.2) is 4.98 Å². The smallest absolute Gasteiger partial charge is 0.303 e. The van der Waals surface area contributed by atoms with Crippen molar-refractivity contribution in [1.82, 2.24) is 118 Å². The molecular weight excluding hydrogens is 1800 g/mol. The van der Waals surface area contributed by atoms with E-state index in [0.29, 0.717) is 70.6 Å². The van der Waals surface area contributed by atoms with Gasteiger partial charge in [-0.2, -0.15) is 5.21 Å². The zero-order valence-corrected chi connectivity index (χ0v) is 78.2. The number of carboxylic acid groups (broad SMARTS) is 1.